The molecule has 0 radical (unpaired) electrons. The van der Waals surface area contributed by atoms with Crippen molar-refractivity contribution in [3.63, 3.8) is 0 Å². The van der Waals surface area contributed by atoms with Gasteiger partial charge in [0.2, 0.25) is 0 Å². The second kappa shape index (κ2) is 8.21. The maximum absolute atomic E-state index is 12.0. The molecule has 2 rings (SSSR count). The number of halogens is 1. The maximum atomic E-state index is 12.0. The van der Waals surface area contributed by atoms with Crippen LogP contribution in [0.4, 0.5) is 4.39 Å². The Bertz CT molecular complexity index is 231. The van der Waals surface area contributed by atoms with E-state index in [9.17, 15) is 9.50 Å². The number of hydrogen-bond acceptors (Lipinski definition) is 2. The van der Waals surface area contributed by atoms with Gasteiger partial charge >= 0.3 is 0 Å². The van der Waals surface area contributed by atoms with E-state index in [0.717, 1.165) is 37.7 Å². The molecule has 0 aromatic carbocycles. The monoisotopic (exact) mass is 272 g/mol. The lowest BCUT2D eigenvalue weighted by Crippen LogP contribution is -2.29. The van der Waals surface area contributed by atoms with Crippen LogP contribution in [0.2, 0.25) is 0 Å². The summed E-state index contributed by atoms with van der Waals surface area (Å²) in [6.07, 6.45) is 11.3. The van der Waals surface area contributed by atoms with E-state index in [1.54, 1.807) is 0 Å². The predicted octanol–water partition coefficient (Wildman–Crippen LogP) is 3.86. The van der Waals surface area contributed by atoms with Gasteiger partial charge in [-0.1, -0.05) is 0 Å². The average molecular weight is 272 g/mol. The maximum Gasteiger partial charge on any atom is 0.0895 e. The number of ether oxygens (including phenoxy) is 1. The Balaban J connectivity index is 1.59. The molecule has 0 aromatic heterocycles. The molecule has 2 aliphatic carbocycles. The molecule has 0 atom stereocenters. The van der Waals surface area contributed by atoms with Gasteiger partial charge in [0.25, 0.3) is 0 Å². The standard InChI is InChI=1S/C16H29FO2/c17-11-1-2-12-19-16-9-5-14(6-10-16)13-3-7-15(18)8-4-13/h13-16,18H,1-12H2. The van der Waals surface area contributed by atoms with Crippen LogP contribution >= 0.6 is 0 Å². The van der Waals surface area contributed by atoms with Crippen LogP contribution in [-0.4, -0.2) is 30.6 Å². The lowest BCUT2D eigenvalue weighted by molar-refractivity contribution is 0.00155. The third kappa shape index (κ3) is 5.03. The second-order valence-electron chi connectivity index (χ2n) is 6.37. The minimum Gasteiger partial charge on any atom is -0.393 e. The smallest absolute Gasteiger partial charge is 0.0895 e. The highest BCUT2D eigenvalue weighted by molar-refractivity contribution is 4.82. The molecule has 0 aromatic rings. The SMILES string of the molecule is OC1CCC(C2CCC(OCCCCF)CC2)CC1. The first-order valence-corrected chi connectivity index (χ1v) is 8.15. The minimum atomic E-state index is -0.219. The summed E-state index contributed by atoms with van der Waals surface area (Å²) in [6.45, 7) is 0.512. The third-order valence-corrected chi connectivity index (χ3v) is 5.01. The molecule has 19 heavy (non-hydrogen) atoms. The summed E-state index contributed by atoms with van der Waals surface area (Å²) >= 11 is 0. The van der Waals surface area contributed by atoms with Crippen molar-refractivity contribution < 1.29 is 14.2 Å². The van der Waals surface area contributed by atoms with E-state index in [2.05, 4.69) is 0 Å². The van der Waals surface area contributed by atoms with Crippen molar-refractivity contribution in [2.45, 2.75) is 76.4 Å². The highest BCUT2D eigenvalue weighted by Crippen LogP contribution is 2.38. The Morgan fingerprint density at radius 2 is 1.42 bits per heavy atom. The topological polar surface area (TPSA) is 29.5 Å². The zero-order chi connectivity index (χ0) is 13.5. The van der Waals surface area contributed by atoms with Gasteiger partial charge in [-0.3, -0.25) is 4.39 Å². The fourth-order valence-corrected chi connectivity index (χ4v) is 3.75. The van der Waals surface area contributed by atoms with Gasteiger partial charge in [-0.15, -0.1) is 0 Å². The summed E-state index contributed by atoms with van der Waals surface area (Å²) in [7, 11) is 0. The number of unbranched alkanes of at least 4 members (excludes halogenated alkanes) is 1. The summed E-state index contributed by atoms with van der Waals surface area (Å²) in [5.41, 5.74) is 0. The highest BCUT2D eigenvalue weighted by atomic mass is 19.1. The fourth-order valence-electron chi connectivity index (χ4n) is 3.75. The first kappa shape index (κ1) is 15.2. The van der Waals surface area contributed by atoms with E-state index in [1.165, 1.54) is 38.5 Å². The summed E-state index contributed by atoms with van der Waals surface area (Å²) in [5, 5.41) is 9.56. The Kier molecular flexibility index (Phi) is 6.58. The molecular weight excluding hydrogens is 243 g/mol. The molecule has 2 aliphatic rings. The molecule has 112 valence electrons. The van der Waals surface area contributed by atoms with Gasteiger partial charge in [-0.05, 0) is 76.0 Å². The van der Waals surface area contributed by atoms with Crippen molar-refractivity contribution >= 4 is 0 Å². The molecule has 2 nitrogen and oxygen atoms in total. The number of rotatable bonds is 6. The number of aliphatic hydroxyl groups excluding tert-OH is 1. The van der Waals surface area contributed by atoms with Crippen molar-refractivity contribution in [2.75, 3.05) is 13.3 Å². The van der Waals surface area contributed by atoms with Crippen LogP contribution in [0.15, 0.2) is 0 Å². The lowest BCUT2D eigenvalue weighted by atomic mass is 9.72. The van der Waals surface area contributed by atoms with E-state index in [-0.39, 0.29) is 12.8 Å². The fraction of sp³-hybridized carbons (Fsp3) is 1.00. The van der Waals surface area contributed by atoms with Gasteiger partial charge in [0.1, 0.15) is 0 Å². The molecule has 1 N–H and O–H groups in total. The van der Waals surface area contributed by atoms with E-state index < -0.39 is 0 Å². The number of hydrogen-bond donors (Lipinski definition) is 1. The van der Waals surface area contributed by atoms with Crippen LogP contribution in [0.5, 0.6) is 0 Å². The van der Waals surface area contributed by atoms with Gasteiger partial charge < -0.3 is 9.84 Å². The third-order valence-electron chi connectivity index (χ3n) is 5.01. The zero-order valence-corrected chi connectivity index (χ0v) is 12.0. The van der Waals surface area contributed by atoms with Crippen LogP contribution in [0.1, 0.15) is 64.2 Å². The molecule has 0 saturated heterocycles. The van der Waals surface area contributed by atoms with Gasteiger partial charge in [-0.2, -0.15) is 0 Å². The number of alkyl halides is 1. The summed E-state index contributed by atoms with van der Waals surface area (Å²) in [6, 6.07) is 0. The number of aliphatic hydroxyl groups is 1. The molecule has 0 amide bonds. The summed E-state index contributed by atoms with van der Waals surface area (Å²) in [5.74, 6) is 1.70. The quantitative estimate of drug-likeness (QED) is 0.744. The largest absolute Gasteiger partial charge is 0.393 e. The van der Waals surface area contributed by atoms with Crippen molar-refractivity contribution in [3.8, 4) is 0 Å². The first-order valence-electron chi connectivity index (χ1n) is 8.15. The van der Waals surface area contributed by atoms with E-state index in [1.807, 2.05) is 0 Å². The van der Waals surface area contributed by atoms with Crippen molar-refractivity contribution in [3.05, 3.63) is 0 Å². The molecule has 3 heteroatoms. The van der Waals surface area contributed by atoms with Crippen LogP contribution in [0, 0.1) is 11.8 Å². The molecule has 2 saturated carbocycles. The minimum absolute atomic E-state index is 0.0357. The average Bonchev–Trinajstić information content (AvgIpc) is 2.45. The Hall–Kier alpha value is -0.150. The van der Waals surface area contributed by atoms with Crippen LogP contribution in [0.3, 0.4) is 0 Å². The summed E-state index contributed by atoms with van der Waals surface area (Å²) in [4.78, 5) is 0. The van der Waals surface area contributed by atoms with Gasteiger partial charge in [-0.25, -0.2) is 0 Å². The second-order valence-corrected chi connectivity index (χ2v) is 6.37. The Morgan fingerprint density at radius 1 is 0.842 bits per heavy atom. The van der Waals surface area contributed by atoms with Crippen molar-refractivity contribution in [1.29, 1.82) is 0 Å². The first-order chi connectivity index (χ1) is 9.29. The van der Waals surface area contributed by atoms with E-state index >= 15 is 0 Å². The molecule has 0 aliphatic heterocycles. The van der Waals surface area contributed by atoms with Gasteiger partial charge in [0.05, 0.1) is 18.9 Å². The van der Waals surface area contributed by atoms with Gasteiger partial charge in [0, 0.05) is 6.61 Å². The molecule has 2 fully saturated rings. The summed E-state index contributed by atoms with van der Waals surface area (Å²) < 4.78 is 17.8. The van der Waals surface area contributed by atoms with Gasteiger partial charge in [0.15, 0.2) is 0 Å². The molecular formula is C16H29FO2. The van der Waals surface area contributed by atoms with Crippen LogP contribution in [-0.2, 0) is 4.74 Å². The lowest BCUT2D eigenvalue weighted by Gasteiger charge is -2.36. The molecule has 0 bridgehead atoms. The van der Waals surface area contributed by atoms with Crippen LogP contribution < -0.4 is 0 Å². The molecule has 0 spiro atoms. The Morgan fingerprint density at radius 3 is 2.00 bits per heavy atom. The molecule has 0 unspecified atom stereocenters. The Labute approximate surface area is 116 Å². The molecule has 0 heterocycles. The normalized spacial score (nSPS) is 36.3. The zero-order valence-electron chi connectivity index (χ0n) is 12.0. The van der Waals surface area contributed by atoms with E-state index in [0.29, 0.717) is 12.5 Å². The van der Waals surface area contributed by atoms with Crippen molar-refractivity contribution in [1.82, 2.24) is 0 Å². The van der Waals surface area contributed by atoms with Crippen molar-refractivity contribution in [2.24, 2.45) is 11.8 Å². The highest BCUT2D eigenvalue weighted by Gasteiger charge is 2.30. The van der Waals surface area contributed by atoms with E-state index in [4.69, 9.17) is 4.74 Å². The van der Waals surface area contributed by atoms with Crippen LogP contribution in [0.25, 0.3) is 0 Å². The predicted molar refractivity (Wildman–Crippen MR) is 74.9 cm³/mol.